The molecule has 1 heterocycles. The van der Waals surface area contributed by atoms with Crippen LogP contribution in [0.5, 0.6) is 5.75 Å². The van der Waals surface area contributed by atoms with Crippen molar-refractivity contribution in [3.05, 3.63) is 65.5 Å². The second kappa shape index (κ2) is 9.17. The average molecular weight is 434 g/mol. The molecule has 1 amide bonds. The summed E-state index contributed by atoms with van der Waals surface area (Å²) in [6, 6.07) is 12.3. The van der Waals surface area contributed by atoms with Gasteiger partial charge in [-0.1, -0.05) is 30.3 Å². The fourth-order valence-electron chi connectivity index (χ4n) is 2.96. The molecule has 2 N–H and O–H groups in total. The molecule has 3 rings (SSSR count). The molecule has 1 unspecified atom stereocenters. The zero-order valence-corrected chi connectivity index (χ0v) is 16.9. The van der Waals surface area contributed by atoms with E-state index in [1.165, 1.54) is 30.0 Å². The Morgan fingerprint density at radius 1 is 1.16 bits per heavy atom. The SMILES string of the molecule is CC(=O)N(C)C(Cc1ccc(CN)cc1)c1nnc(-c2cccc(OC(F)(F)F)c2)o1. The number of amides is 1. The summed E-state index contributed by atoms with van der Waals surface area (Å²) in [5.41, 5.74) is 7.79. The molecular formula is C21H21F3N4O3. The lowest BCUT2D eigenvalue weighted by Gasteiger charge is -2.24. The maximum atomic E-state index is 12.5. The fourth-order valence-corrected chi connectivity index (χ4v) is 2.96. The van der Waals surface area contributed by atoms with Crippen molar-refractivity contribution >= 4 is 5.91 Å². The van der Waals surface area contributed by atoms with E-state index in [9.17, 15) is 18.0 Å². The number of nitrogens with zero attached hydrogens (tertiary/aromatic N) is 3. The molecule has 31 heavy (non-hydrogen) atoms. The molecule has 0 radical (unpaired) electrons. The minimum absolute atomic E-state index is 0.0167. The van der Waals surface area contributed by atoms with Crippen LogP contribution in [0.1, 0.15) is 30.0 Å². The van der Waals surface area contributed by atoms with Crippen LogP contribution < -0.4 is 10.5 Å². The van der Waals surface area contributed by atoms with Crippen LogP contribution in [0.2, 0.25) is 0 Å². The topological polar surface area (TPSA) is 94.5 Å². The normalized spacial score (nSPS) is 12.5. The van der Waals surface area contributed by atoms with Gasteiger partial charge in [0, 0.05) is 32.5 Å². The summed E-state index contributed by atoms with van der Waals surface area (Å²) < 4.78 is 47.1. The summed E-state index contributed by atoms with van der Waals surface area (Å²) in [7, 11) is 1.61. The van der Waals surface area contributed by atoms with Gasteiger partial charge >= 0.3 is 6.36 Å². The van der Waals surface area contributed by atoms with Crippen LogP contribution in [-0.4, -0.2) is 34.4 Å². The summed E-state index contributed by atoms with van der Waals surface area (Å²) >= 11 is 0. The average Bonchev–Trinajstić information content (AvgIpc) is 3.21. The van der Waals surface area contributed by atoms with Crippen molar-refractivity contribution in [3.63, 3.8) is 0 Å². The van der Waals surface area contributed by atoms with Gasteiger partial charge < -0.3 is 19.8 Å². The molecule has 0 fully saturated rings. The Morgan fingerprint density at radius 2 is 1.84 bits per heavy atom. The number of hydrogen-bond donors (Lipinski definition) is 1. The van der Waals surface area contributed by atoms with E-state index in [2.05, 4.69) is 14.9 Å². The van der Waals surface area contributed by atoms with Gasteiger partial charge in [-0.3, -0.25) is 4.79 Å². The lowest BCUT2D eigenvalue weighted by molar-refractivity contribution is -0.274. The highest BCUT2D eigenvalue weighted by Crippen LogP contribution is 2.30. The van der Waals surface area contributed by atoms with Crippen LogP contribution in [-0.2, 0) is 17.8 Å². The van der Waals surface area contributed by atoms with Crippen molar-refractivity contribution < 1.29 is 27.1 Å². The van der Waals surface area contributed by atoms with E-state index in [-0.39, 0.29) is 23.3 Å². The zero-order valence-electron chi connectivity index (χ0n) is 16.9. The van der Waals surface area contributed by atoms with Gasteiger partial charge in [-0.15, -0.1) is 23.4 Å². The molecule has 164 valence electrons. The number of nitrogens with two attached hydrogens (primary N) is 1. The molecule has 10 heteroatoms. The minimum atomic E-state index is -4.81. The molecule has 0 bridgehead atoms. The molecule has 0 spiro atoms. The van der Waals surface area contributed by atoms with Gasteiger partial charge in [0.25, 0.3) is 0 Å². The molecule has 0 saturated heterocycles. The van der Waals surface area contributed by atoms with Crippen LogP contribution in [0.25, 0.3) is 11.5 Å². The van der Waals surface area contributed by atoms with Gasteiger partial charge in [-0.05, 0) is 29.3 Å². The number of ether oxygens (including phenoxy) is 1. The largest absolute Gasteiger partial charge is 0.573 e. The second-order valence-corrected chi connectivity index (χ2v) is 6.89. The second-order valence-electron chi connectivity index (χ2n) is 6.89. The molecule has 1 aromatic heterocycles. The van der Waals surface area contributed by atoms with Crippen LogP contribution >= 0.6 is 0 Å². The van der Waals surface area contributed by atoms with Gasteiger partial charge in [0.2, 0.25) is 17.7 Å². The number of carbonyl (C=O) groups is 1. The molecule has 3 aromatic rings. The number of carbonyl (C=O) groups excluding carboxylic acids is 1. The maximum absolute atomic E-state index is 12.5. The molecule has 0 saturated carbocycles. The van der Waals surface area contributed by atoms with Crippen molar-refractivity contribution in [2.24, 2.45) is 5.73 Å². The first-order valence-electron chi connectivity index (χ1n) is 9.37. The van der Waals surface area contributed by atoms with E-state index >= 15 is 0 Å². The summed E-state index contributed by atoms with van der Waals surface area (Å²) in [5.74, 6) is -0.424. The Balaban J connectivity index is 1.88. The maximum Gasteiger partial charge on any atom is 0.573 e. The molecule has 2 aromatic carbocycles. The quantitative estimate of drug-likeness (QED) is 0.607. The first-order valence-corrected chi connectivity index (χ1v) is 9.37. The van der Waals surface area contributed by atoms with E-state index < -0.39 is 18.2 Å². The predicted octanol–water partition coefficient (Wildman–Crippen LogP) is 3.86. The zero-order chi connectivity index (χ0) is 22.6. The van der Waals surface area contributed by atoms with Crippen LogP contribution in [0.4, 0.5) is 13.2 Å². The number of rotatable bonds is 7. The van der Waals surface area contributed by atoms with Crippen LogP contribution in [0.3, 0.4) is 0 Å². The number of hydrogen-bond acceptors (Lipinski definition) is 6. The van der Waals surface area contributed by atoms with Crippen molar-refractivity contribution in [2.45, 2.75) is 32.3 Å². The Hall–Kier alpha value is -3.40. The predicted molar refractivity (Wildman–Crippen MR) is 106 cm³/mol. The molecule has 0 aliphatic carbocycles. The summed E-state index contributed by atoms with van der Waals surface area (Å²) in [5, 5.41) is 7.98. The number of alkyl halides is 3. The third kappa shape index (κ3) is 5.82. The van der Waals surface area contributed by atoms with Gasteiger partial charge in [0.15, 0.2) is 0 Å². The Bertz CT molecular complexity index is 1030. The van der Waals surface area contributed by atoms with Gasteiger partial charge in [0.05, 0.1) is 0 Å². The molecule has 0 aliphatic heterocycles. The Labute approximate surface area is 176 Å². The van der Waals surface area contributed by atoms with E-state index in [0.717, 1.165) is 17.2 Å². The summed E-state index contributed by atoms with van der Waals surface area (Å²) in [4.78, 5) is 13.5. The van der Waals surface area contributed by atoms with E-state index in [4.69, 9.17) is 10.2 Å². The third-order valence-electron chi connectivity index (χ3n) is 4.69. The van der Waals surface area contributed by atoms with Crippen molar-refractivity contribution in [3.8, 4) is 17.2 Å². The Kier molecular flexibility index (Phi) is 6.59. The number of aromatic nitrogens is 2. The summed E-state index contributed by atoms with van der Waals surface area (Å²) in [6.45, 7) is 1.83. The van der Waals surface area contributed by atoms with Gasteiger partial charge in [-0.25, -0.2) is 0 Å². The van der Waals surface area contributed by atoms with Crippen LogP contribution in [0.15, 0.2) is 52.9 Å². The number of likely N-dealkylation sites (N-methyl/N-ethyl adjacent to an activating group) is 1. The van der Waals surface area contributed by atoms with E-state index in [0.29, 0.717) is 13.0 Å². The first kappa shape index (κ1) is 22.3. The highest BCUT2D eigenvalue weighted by molar-refractivity contribution is 5.73. The molecular weight excluding hydrogens is 413 g/mol. The van der Waals surface area contributed by atoms with E-state index in [1.54, 1.807) is 7.05 Å². The van der Waals surface area contributed by atoms with Crippen molar-refractivity contribution in [1.82, 2.24) is 15.1 Å². The monoisotopic (exact) mass is 434 g/mol. The molecule has 7 nitrogen and oxygen atoms in total. The molecule has 1 atom stereocenters. The Morgan fingerprint density at radius 3 is 2.45 bits per heavy atom. The van der Waals surface area contributed by atoms with Gasteiger partial charge in [0.1, 0.15) is 11.8 Å². The highest BCUT2D eigenvalue weighted by Gasteiger charge is 2.31. The lowest BCUT2D eigenvalue weighted by atomic mass is 10.0. The number of benzene rings is 2. The lowest BCUT2D eigenvalue weighted by Crippen LogP contribution is -2.30. The highest BCUT2D eigenvalue weighted by atomic mass is 19.4. The third-order valence-corrected chi connectivity index (χ3v) is 4.69. The minimum Gasteiger partial charge on any atom is -0.418 e. The fraction of sp³-hybridized carbons (Fsp3) is 0.286. The van der Waals surface area contributed by atoms with Gasteiger partial charge in [-0.2, -0.15) is 0 Å². The van der Waals surface area contributed by atoms with Crippen molar-refractivity contribution in [2.75, 3.05) is 7.05 Å². The molecule has 0 aliphatic rings. The standard InChI is InChI=1S/C21H21F3N4O3/c1-13(29)28(2)18(10-14-6-8-15(12-25)9-7-14)20-27-26-19(30-20)16-4-3-5-17(11-16)31-21(22,23)24/h3-9,11,18H,10,12,25H2,1-2H3. The van der Waals surface area contributed by atoms with Crippen molar-refractivity contribution in [1.29, 1.82) is 0 Å². The first-order chi connectivity index (χ1) is 14.7. The number of halogens is 3. The summed E-state index contributed by atoms with van der Waals surface area (Å²) in [6.07, 6.45) is -4.41. The smallest absolute Gasteiger partial charge is 0.418 e. The van der Waals surface area contributed by atoms with Crippen LogP contribution in [0, 0.1) is 0 Å². The van der Waals surface area contributed by atoms with E-state index in [1.807, 2.05) is 24.3 Å².